The topological polar surface area (TPSA) is 55.4 Å². The average molecular weight is 267 g/mol. The van der Waals surface area contributed by atoms with Gasteiger partial charge in [0.25, 0.3) is 0 Å². The number of rotatable bonds is 3. The van der Waals surface area contributed by atoms with Crippen molar-refractivity contribution >= 4 is 15.5 Å². The molecule has 0 atom stereocenters. The lowest BCUT2D eigenvalue weighted by molar-refractivity contribution is 0.263. The molecular formula is C13H17NO3S. The van der Waals surface area contributed by atoms with Crippen LogP contribution in [0.25, 0.3) is 0 Å². The van der Waals surface area contributed by atoms with E-state index in [9.17, 15) is 8.42 Å². The zero-order chi connectivity index (χ0) is 12.6. The second kappa shape index (κ2) is 4.46. The van der Waals surface area contributed by atoms with Gasteiger partial charge < -0.3 is 10.1 Å². The van der Waals surface area contributed by atoms with Crippen LogP contribution in [-0.4, -0.2) is 33.1 Å². The van der Waals surface area contributed by atoms with Crippen molar-refractivity contribution in [3.8, 4) is 5.75 Å². The van der Waals surface area contributed by atoms with Gasteiger partial charge in [-0.2, -0.15) is 0 Å². The smallest absolute Gasteiger partial charge is 0.151 e. The van der Waals surface area contributed by atoms with E-state index in [1.54, 1.807) is 0 Å². The highest BCUT2D eigenvalue weighted by Crippen LogP contribution is 2.27. The van der Waals surface area contributed by atoms with Crippen LogP contribution in [0.3, 0.4) is 0 Å². The molecule has 0 amide bonds. The van der Waals surface area contributed by atoms with E-state index in [1.165, 1.54) is 11.3 Å². The van der Waals surface area contributed by atoms with Crippen LogP contribution in [0.15, 0.2) is 18.2 Å². The maximum atomic E-state index is 11.0. The van der Waals surface area contributed by atoms with Crippen LogP contribution < -0.4 is 10.1 Å². The van der Waals surface area contributed by atoms with Crippen molar-refractivity contribution < 1.29 is 13.2 Å². The second-order valence-corrected chi connectivity index (χ2v) is 7.26. The van der Waals surface area contributed by atoms with Crippen LogP contribution in [0.5, 0.6) is 5.75 Å². The zero-order valence-electron chi connectivity index (χ0n) is 10.2. The minimum absolute atomic E-state index is 0.171. The summed E-state index contributed by atoms with van der Waals surface area (Å²) in [5.41, 5.74) is 2.49. The Morgan fingerprint density at radius 2 is 2.17 bits per heavy atom. The lowest BCUT2D eigenvalue weighted by Crippen LogP contribution is -2.39. The molecule has 1 saturated heterocycles. The fraction of sp³-hybridized carbons (Fsp3) is 0.538. The number of sulfone groups is 1. The van der Waals surface area contributed by atoms with Gasteiger partial charge in [0.05, 0.1) is 18.1 Å². The molecule has 0 aromatic heterocycles. The van der Waals surface area contributed by atoms with Gasteiger partial charge in [0, 0.05) is 18.2 Å². The first-order valence-electron chi connectivity index (χ1n) is 6.32. The van der Waals surface area contributed by atoms with Crippen molar-refractivity contribution in [3.63, 3.8) is 0 Å². The third-order valence-electron chi connectivity index (χ3n) is 3.48. The molecule has 1 aromatic rings. The molecule has 0 radical (unpaired) electrons. The van der Waals surface area contributed by atoms with Crippen molar-refractivity contribution in [1.29, 1.82) is 0 Å². The molecule has 3 rings (SSSR count). The van der Waals surface area contributed by atoms with Crippen molar-refractivity contribution in [2.75, 3.05) is 30.0 Å². The summed E-state index contributed by atoms with van der Waals surface area (Å²) in [6, 6.07) is 6.06. The summed E-state index contributed by atoms with van der Waals surface area (Å²) < 4.78 is 27.7. The van der Waals surface area contributed by atoms with Crippen molar-refractivity contribution in [3.05, 3.63) is 23.8 Å². The number of aryl methyl sites for hydroxylation is 1. The van der Waals surface area contributed by atoms with Gasteiger partial charge in [-0.3, -0.25) is 0 Å². The van der Waals surface area contributed by atoms with Gasteiger partial charge in [0.2, 0.25) is 0 Å². The predicted octanol–water partition coefficient (Wildman–Crippen LogP) is 1.47. The quantitative estimate of drug-likeness (QED) is 0.901. The van der Waals surface area contributed by atoms with Gasteiger partial charge in [0.1, 0.15) is 5.75 Å². The fourth-order valence-corrected chi connectivity index (χ4v) is 4.05. The highest BCUT2D eigenvalue weighted by atomic mass is 32.2. The Kier molecular flexibility index (Phi) is 2.93. The van der Waals surface area contributed by atoms with Crippen LogP contribution in [0, 0.1) is 5.92 Å². The average Bonchev–Trinajstić information content (AvgIpc) is 2.33. The Hall–Kier alpha value is -1.23. The van der Waals surface area contributed by atoms with Gasteiger partial charge in [-0.25, -0.2) is 8.42 Å². The molecule has 2 aliphatic heterocycles. The van der Waals surface area contributed by atoms with E-state index in [2.05, 4.69) is 11.4 Å². The SMILES string of the molecule is O=S1(=O)CC(COc2ccc3c(c2)CCCN3)C1. The fourth-order valence-electron chi connectivity index (χ4n) is 2.52. The summed E-state index contributed by atoms with van der Waals surface area (Å²) in [6.07, 6.45) is 2.23. The minimum atomic E-state index is -2.74. The molecule has 5 heteroatoms. The molecule has 2 aliphatic rings. The molecule has 0 bridgehead atoms. The molecule has 18 heavy (non-hydrogen) atoms. The van der Waals surface area contributed by atoms with Crippen molar-refractivity contribution in [2.24, 2.45) is 5.92 Å². The second-order valence-electron chi connectivity index (χ2n) is 5.10. The first-order valence-corrected chi connectivity index (χ1v) is 8.14. The number of fused-ring (bicyclic) bond motifs is 1. The first-order chi connectivity index (χ1) is 8.62. The van der Waals surface area contributed by atoms with Gasteiger partial charge >= 0.3 is 0 Å². The molecule has 0 saturated carbocycles. The highest BCUT2D eigenvalue weighted by molar-refractivity contribution is 7.92. The van der Waals surface area contributed by atoms with Crippen LogP contribution in [0.4, 0.5) is 5.69 Å². The van der Waals surface area contributed by atoms with E-state index in [-0.39, 0.29) is 17.4 Å². The molecule has 0 spiro atoms. The third kappa shape index (κ3) is 2.46. The zero-order valence-corrected chi connectivity index (χ0v) is 11.0. The molecular weight excluding hydrogens is 250 g/mol. The van der Waals surface area contributed by atoms with Gasteiger partial charge in [-0.15, -0.1) is 0 Å². The molecule has 2 heterocycles. The largest absolute Gasteiger partial charge is 0.493 e. The monoisotopic (exact) mass is 267 g/mol. The number of nitrogens with one attached hydrogen (secondary N) is 1. The van der Waals surface area contributed by atoms with E-state index in [0.717, 1.165) is 25.1 Å². The minimum Gasteiger partial charge on any atom is -0.493 e. The summed E-state index contributed by atoms with van der Waals surface area (Å²) in [5, 5.41) is 3.35. The number of anilines is 1. The Morgan fingerprint density at radius 3 is 2.94 bits per heavy atom. The van der Waals surface area contributed by atoms with E-state index in [0.29, 0.717) is 6.61 Å². The van der Waals surface area contributed by atoms with Crippen LogP contribution in [0.1, 0.15) is 12.0 Å². The Bertz CT molecular complexity index is 541. The normalized spacial score (nSPS) is 21.6. The maximum absolute atomic E-state index is 11.0. The van der Waals surface area contributed by atoms with Gasteiger partial charge in [-0.1, -0.05) is 0 Å². The summed E-state index contributed by atoms with van der Waals surface area (Å²) in [5.74, 6) is 1.57. The lowest BCUT2D eigenvalue weighted by Gasteiger charge is -2.26. The molecule has 0 aliphatic carbocycles. The number of hydrogen-bond acceptors (Lipinski definition) is 4. The number of hydrogen-bond donors (Lipinski definition) is 1. The summed E-state index contributed by atoms with van der Waals surface area (Å²) in [7, 11) is -2.74. The summed E-state index contributed by atoms with van der Waals surface area (Å²) >= 11 is 0. The number of ether oxygens (including phenoxy) is 1. The van der Waals surface area contributed by atoms with Gasteiger partial charge in [-0.05, 0) is 36.6 Å². The van der Waals surface area contributed by atoms with Crippen molar-refractivity contribution in [1.82, 2.24) is 0 Å². The van der Waals surface area contributed by atoms with E-state index >= 15 is 0 Å². The van der Waals surface area contributed by atoms with Crippen LogP contribution in [0.2, 0.25) is 0 Å². The highest BCUT2D eigenvalue weighted by Gasteiger charge is 2.33. The maximum Gasteiger partial charge on any atom is 0.151 e. The Morgan fingerprint density at radius 1 is 1.33 bits per heavy atom. The van der Waals surface area contributed by atoms with Gasteiger partial charge in [0.15, 0.2) is 9.84 Å². The van der Waals surface area contributed by atoms with Crippen LogP contribution >= 0.6 is 0 Å². The van der Waals surface area contributed by atoms with E-state index < -0.39 is 9.84 Å². The molecule has 0 unspecified atom stereocenters. The Labute approximate surface area is 107 Å². The molecule has 1 N–H and O–H groups in total. The summed E-state index contributed by atoms with van der Waals surface area (Å²) in [4.78, 5) is 0. The first kappa shape index (κ1) is 11.8. The standard InChI is InChI=1S/C13H17NO3S/c15-18(16)8-10(9-18)7-17-12-3-4-13-11(6-12)2-1-5-14-13/h3-4,6,10,14H,1-2,5,7-9H2. The molecule has 1 fully saturated rings. The molecule has 1 aromatic carbocycles. The van der Waals surface area contributed by atoms with E-state index in [1.807, 2.05) is 12.1 Å². The predicted molar refractivity (Wildman–Crippen MR) is 70.9 cm³/mol. The molecule has 98 valence electrons. The van der Waals surface area contributed by atoms with E-state index in [4.69, 9.17) is 4.74 Å². The molecule has 4 nitrogen and oxygen atoms in total. The number of benzene rings is 1. The lowest BCUT2D eigenvalue weighted by atomic mass is 10.0. The Balaban J connectivity index is 1.60. The third-order valence-corrected chi connectivity index (χ3v) is 5.44. The van der Waals surface area contributed by atoms with Crippen LogP contribution in [-0.2, 0) is 16.3 Å². The summed E-state index contributed by atoms with van der Waals surface area (Å²) in [6.45, 7) is 1.54. The van der Waals surface area contributed by atoms with Crippen molar-refractivity contribution in [2.45, 2.75) is 12.8 Å².